The first-order valence-electron chi connectivity index (χ1n) is 7.62. The Kier molecular flexibility index (Phi) is 3.81. The van der Waals surface area contributed by atoms with Gasteiger partial charge in [0.25, 0.3) is 0 Å². The summed E-state index contributed by atoms with van der Waals surface area (Å²) in [6, 6.07) is 1.25. The van der Waals surface area contributed by atoms with Crippen molar-refractivity contribution in [1.82, 2.24) is 10.3 Å². The number of fused-ring (bicyclic) bond motifs is 1. The molecule has 2 aliphatic carbocycles. The van der Waals surface area contributed by atoms with Crippen LogP contribution in [0.3, 0.4) is 0 Å². The minimum Gasteiger partial charge on any atom is -0.345 e. The van der Waals surface area contributed by atoms with Gasteiger partial charge in [-0.3, -0.25) is 0 Å². The van der Waals surface area contributed by atoms with E-state index in [1.54, 1.807) is 0 Å². The molecule has 1 heterocycles. The molecule has 2 aliphatic rings. The van der Waals surface area contributed by atoms with Gasteiger partial charge in [-0.1, -0.05) is 13.8 Å². The zero-order valence-electron chi connectivity index (χ0n) is 12.3. The van der Waals surface area contributed by atoms with Crippen LogP contribution in [0.15, 0.2) is 0 Å². The Morgan fingerprint density at radius 3 is 2.79 bits per heavy atom. The second-order valence-corrected chi connectivity index (χ2v) is 7.38. The topological polar surface area (TPSA) is 28.2 Å². The Balaban J connectivity index is 1.85. The van der Waals surface area contributed by atoms with E-state index in [4.69, 9.17) is 4.98 Å². The maximum atomic E-state index is 5.00. The smallest absolute Gasteiger partial charge is 0.186 e. The van der Waals surface area contributed by atoms with Crippen LogP contribution in [0.1, 0.15) is 56.1 Å². The molecule has 1 fully saturated rings. The van der Waals surface area contributed by atoms with Crippen LogP contribution in [0.25, 0.3) is 0 Å². The lowest BCUT2D eigenvalue weighted by atomic mass is 9.98. The summed E-state index contributed by atoms with van der Waals surface area (Å²) < 4.78 is 0. The molecule has 1 atom stereocenters. The lowest BCUT2D eigenvalue weighted by Crippen LogP contribution is -2.29. The zero-order chi connectivity index (χ0) is 13.4. The van der Waals surface area contributed by atoms with Crippen molar-refractivity contribution < 1.29 is 0 Å². The molecule has 0 bridgehead atoms. The fraction of sp³-hybridized carbons (Fsp3) is 0.800. The van der Waals surface area contributed by atoms with E-state index in [-0.39, 0.29) is 0 Å². The summed E-state index contributed by atoms with van der Waals surface area (Å²) >= 11 is 1.95. The molecule has 4 heteroatoms. The number of nitrogens with zero attached hydrogens (tertiary/aromatic N) is 2. The third-order valence-corrected chi connectivity index (χ3v) is 5.25. The number of aryl methyl sites for hydroxylation is 1. The second kappa shape index (κ2) is 5.41. The molecule has 106 valence electrons. The average Bonchev–Trinajstić information content (AvgIpc) is 3.13. The summed E-state index contributed by atoms with van der Waals surface area (Å²) in [5.74, 6) is 0.710. The van der Waals surface area contributed by atoms with Crippen molar-refractivity contribution in [2.75, 3.05) is 18.5 Å². The molecule has 3 nitrogen and oxygen atoms in total. The average molecular weight is 279 g/mol. The summed E-state index contributed by atoms with van der Waals surface area (Å²) in [6.07, 6.45) is 6.47. The van der Waals surface area contributed by atoms with Crippen LogP contribution in [0.2, 0.25) is 0 Å². The summed E-state index contributed by atoms with van der Waals surface area (Å²) in [4.78, 5) is 9.09. The third kappa shape index (κ3) is 2.79. The Hall–Kier alpha value is -0.610. The molecular weight excluding hydrogens is 254 g/mol. The quantitative estimate of drug-likeness (QED) is 0.896. The van der Waals surface area contributed by atoms with Crippen LogP contribution in [0, 0.1) is 5.92 Å². The third-order valence-electron chi connectivity index (χ3n) is 4.09. The summed E-state index contributed by atoms with van der Waals surface area (Å²) in [5.41, 5.74) is 1.34. The number of thiazole rings is 1. The highest BCUT2D eigenvalue weighted by Gasteiger charge is 2.33. The molecule has 0 radical (unpaired) electrons. The number of aromatic nitrogens is 1. The highest BCUT2D eigenvalue weighted by molar-refractivity contribution is 7.15. The number of anilines is 1. The van der Waals surface area contributed by atoms with E-state index in [0.29, 0.717) is 12.0 Å². The van der Waals surface area contributed by atoms with Crippen molar-refractivity contribution in [3.05, 3.63) is 10.6 Å². The van der Waals surface area contributed by atoms with Gasteiger partial charge in [-0.15, -0.1) is 11.3 Å². The summed E-state index contributed by atoms with van der Waals surface area (Å²) in [5, 5.41) is 4.70. The number of hydrogen-bond donors (Lipinski definition) is 1. The van der Waals surface area contributed by atoms with Gasteiger partial charge < -0.3 is 10.2 Å². The number of nitrogens with one attached hydrogen (secondary N) is 1. The fourth-order valence-corrected chi connectivity index (χ4v) is 4.22. The number of rotatable bonds is 5. The molecule has 0 aliphatic heterocycles. The van der Waals surface area contributed by atoms with E-state index in [0.717, 1.165) is 12.6 Å². The molecule has 1 saturated carbocycles. The maximum absolute atomic E-state index is 5.00. The van der Waals surface area contributed by atoms with Gasteiger partial charge in [-0.05, 0) is 45.1 Å². The largest absolute Gasteiger partial charge is 0.345 e. The Labute approximate surface area is 120 Å². The van der Waals surface area contributed by atoms with Crippen LogP contribution in [-0.2, 0) is 6.42 Å². The van der Waals surface area contributed by atoms with Gasteiger partial charge >= 0.3 is 0 Å². The van der Waals surface area contributed by atoms with Crippen LogP contribution in [-0.4, -0.2) is 24.6 Å². The molecule has 1 unspecified atom stereocenters. The van der Waals surface area contributed by atoms with Crippen LogP contribution in [0.4, 0.5) is 5.13 Å². The molecule has 0 amide bonds. The minimum atomic E-state index is 0.480. The summed E-state index contributed by atoms with van der Waals surface area (Å²) in [6.45, 7) is 5.76. The second-order valence-electron chi connectivity index (χ2n) is 6.32. The van der Waals surface area contributed by atoms with E-state index in [9.17, 15) is 0 Å². The van der Waals surface area contributed by atoms with Crippen molar-refractivity contribution in [3.63, 3.8) is 0 Å². The van der Waals surface area contributed by atoms with Gasteiger partial charge in [0, 0.05) is 17.5 Å². The van der Waals surface area contributed by atoms with Crippen molar-refractivity contribution in [1.29, 1.82) is 0 Å². The molecule has 0 aromatic carbocycles. The van der Waals surface area contributed by atoms with E-state index < -0.39 is 0 Å². The standard InChI is InChI=1S/C15H25N3S/c1-10(2)9-18(11-7-8-11)15-17-14-12(16-3)5-4-6-13(14)19-15/h10-12,16H,4-9H2,1-3H3. The predicted molar refractivity (Wildman–Crippen MR) is 82.1 cm³/mol. The van der Waals surface area contributed by atoms with E-state index >= 15 is 0 Å². The SMILES string of the molecule is CNC1CCCc2sc(N(CC(C)C)C3CC3)nc21. The van der Waals surface area contributed by atoms with Crippen molar-refractivity contribution in [2.45, 2.75) is 58.0 Å². The Bertz CT molecular complexity index is 437. The van der Waals surface area contributed by atoms with Crippen LogP contribution < -0.4 is 10.2 Å². The summed E-state index contributed by atoms with van der Waals surface area (Å²) in [7, 11) is 2.06. The van der Waals surface area contributed by atoms with Gasteiger partial charge in [0.2, 0.25) is 0 Å². The van der Waals surface area contributed by atoms with Gasteiger partial charge in [-0.2, -0.15) is 0 Å². The Morgan fingerprint density at radius 2 is 2.16 bits per heavy atom. The highest BCUT2D eigenvalue weighted by Crippen LogP contribution is 2.40. The normalized spacial score (nSPS) is 22.6. The van der Waals surface area contributed by atoms with Crippen molar-refractivity contribution >= 4 is 16.5 Å². The first-order chi connectivity index (χ1) is 9.19. The highest BCUT2D eigenvalue weighted by atomic mass is 32.1. The number of hydrogen-bond acceptors (Lipinski definition) is 4. The van der Waals surface area contributed by atoms with Crippen molar-refractivity contribution in [3.8, 4) is 0 Å². The predicted octanol–water partition coefficient (Wildman–Crippen LogP) is 3.36. The van der Waals surface area contributed by atoms with Gasteiger partial charge in [0.05, 0.1) is 11.7 Å². The zero-order valence-corrected chi connectivity index (χ0v) is 13.1. The minimum absolute atomic E-state index is 0.480. The van der Waals surface area contributed by atoms with Crippen molar-refractivity contribution in [2.24, 2.45) is 5.92 Å². The first kappa shape index (κ1) is 13.4. The van der Waals surface area contributed by atoms with E-state index in [2.05, 4.69) is 31.1 Å². The molecule has 19 heavy (non-hydrogen) atoms. The Morgan fingerprint density at radius 1 is 1.37 bits per heavy atom. The molecule has 3 rings (SSSR count). The fourth-order valence-electron chi connectivity index (χ4n) is 2.97. The molecular formula is C15H25N3S. The molecule has 1 aromatic rings. The molecule has 0 spiro atoms. The maximum Gasteiger partial charge on any atom is 0.186 e. The van der Waals surface area contributed by atoms with Gasteiger partial charge in [0.1, 0.15) is 0 Å². The van der Waals surface area contributed by atoms with E-state index in [1.807, 2.05) is 11.3 Å². The lowest BCUT2D eigenvalue weighted by Gasteiger charge is -2.23. The van der Waals surface area contributed by atoms with Gasteiger partial charge in [0.15, 0.2) is 5.13 Å². The first-order valence-corrected chi connectivity index (χ1v) is 8.44. The van der Waals surface area contributed by atoms with Crippen LogP contribution >= 0.6 is 11.3 Å². The van der Waals surface area contributed by atoms with Crippen LogP contribution in [0.5, 0.6) is 0 Å². The molecule has 0 saturated heterocycles. The molecule has 1 aromatic heterocycles. The molecule has 1 N–H and O–H groups in total. The van der Waals surface area contributed by atoms with E-state index in [1.165, 1.54) is 47.8 Å². The monoisotopic (exact) mass is 279 g/mol. The van der Waals surface area contributed by atoms with Gasteiger partial charge in [-0.25, -0.2) is 4.98 Å². The lowest BCUT2D eigenvalue weighted by molar-refractivity contribution is 0.489.